The monoisotopic (exact) mass is 252 g/mol. The predicted octanol–water partition coefficient (Wildman–Crippen LogP) is 1.01. The van der Waals surface area contributed by atoms with E-state index in [0.717, 1.165) is 5.56 Å². The Hall–Kier alpha value is -1.59. The van der Waals surface area contributed by atoms with E-state index in [1.54, 1.807) is 0 Å². The molecule has 0 heterocycles. The molecule has 1 amide bonds. The van der Waals surface area contributed by atoms with Crippen molar-refractivity contribution in [2.45, 2.75) is 32.1 Å². The van der Waals surface area contributed by atoms with Crippen LogP contribution in [0.3, 0.4) is 0 Å². The van der Waals surface area contributed by atoms with Gasteiger partial charge in [-0.15, -0.1) is 0 Å². The first-order valence-electron chi connectivity index (χ1n) is 6.01. The molecule has 5 heteroatoms. The number of hydrogen-bond acceptors (Lipinski definition) is 4. The molecule has 0 aliphatic heterocycles. The summed E-state index contributed by atoms with van der Waals surface area (Å²) in [6.07, 6.45) is -0.650. The van der Waals surface area contributed by atoms with E-state index in [-0.39, 0.29) is 19.2 Å². The first kappa shape index (κ1) is 14.5. The molecule has 4 N–H and O–H groups in total. The third-order valence-electron chi connectivity index (χ3n) is 2.63. The fourth-order valence-corrected chi connectivity index (χ4v) is 1.39. The summed E-state index contributed by atoms with van der Waals surface area (Å²) in [5.41, 5.74) is 6.54. The number of nitrogens with two attached hydrogens (primary N) is 1. The molecule has 1 aromatic rings. The maximum absolute atomic E-state index is 11.3. The number of aliphatic hydroxyl groups is 1. The van der Waals surface area contributed by atoms with Gasteiger partial charge in [-0.3, -0.25) is 0 Å². The summed E-state index contributed by atoms with van der Waals surface area (Å²) in [5.74, 6) is 0. The van der Waals surface area contributed by atoms with Gasteiger partial charge in [0.2, 0.25) is 0 Å². The maximum Gasteiger partial charge on any atom is 0.407 e. The highest BCUT2D eigenvalue weighted by molar-refractivity contribution is 5.67. The van der Waals surface area contributed by atoms with Gasteiger partial charge in [0.05, 0.1) is 6.10 Å². The molecule has 1 rings (SSSR count). The second kappa shape index (κ2) is 7.68. The molecular weight excluding hydrogens is 232 g/mol. The number of aliphatic hydroxyl groups excluding tert-OH is 1. The highest BCUT2D eigenvalue weighted by atomic mass is 16.5. The van der Waals surface area contributed by atoms with Crippen molar-refractivity contribution in [1.82, 2.24) is 5.32 Å². The fourth-order valence-electron chi connectivity index (χ4n) is 1.39. The van der Waals surface area contributed by atoms with Gasteiger partial charge in [0, 0.05) is 12.6 Å². The van der Waals surface area contributed by atoms with E-state index in [2.05, 4.69) is 5.32 Å². The van der Waals surface area contributed by atoms with Crippen LogP contribution in [0, 0.1) is 0 Å². The summed E-state index contributed by atoms with van der Waals surface area (Å²) in [6, 6.07) is 9.05. The van der Waals surface area contributed by atoms with Crippen LogP contribution in [0.1, 0.15) is 18.9 Å². The van der Waals surface area contributed by atoms with Crippen molar-refractivity contribution in [3.05, 3.63) is 35.9 Å². The Morgan fingerprint density at radius 2 is 2.11 bits per heavy atom. The minimum atomic E-state index is -0.751. The van der Waals surface area contributed by atoms with Crippen molar-refractivity contribution in [3.8, 4) is 0 Å². The number of hydrogen-bond donors (Lipinski definition) is 3. The SMILES string of the molecule is CC[C@H](N)[C@@H](O)CNC(=O)OCc1ccccc1. The van der Waals surface area contributed by atoms with Crippen LogP contribution in [0.4, 0.5) is 4.79 Å². The van der Waals surface area contributed by atoms with Crippen molar-refractivity contribution in [2.24, 2.45) is 5.73 Å². The largest absolute Gasteiger partial charge is 0.445 e. The number of nitrogens with one attached hydrogen (secondary N) is 1. The number of carbonyl (C=O) groups is 1. The molecule has 0 bridgehead atoms. The summed E-state index contributed by atoms with van der Waals surface area (Å²) < 4.78 is 4.99. The zero-order valence-corrected chi connectivity index (χ0v) is 10.5. The summed E-state index contributed by atoms with van der Waals surface area (Å²) in [5, 5.41) is 12.0. The minimum Gasteiger partial charge on any atom is -0.445 e. The minimum absolute atomic E-state index is 0.0998. The van der Waals surface area contributed by atoms with Gasteiger partial charge in [-0.1, -0.05) is 37.3 Å². The molecule has 1 aromatic carbocycles. The lowest BCUT2D eigenvalue weighted by Crippen LogP contribution is -2.43. The highest BCUT2D eigenvalue weighted by Crippen LogP contribution is 2.00. The summed E-state index contributed by atoms with van der Waals surface area (Å²) in [7, 11) is 0. The van der Waals surface area contributed by atoms with Crippen LogP contribution in [-0.4, -0.2) is 29.9 Å². The molecule has 0 unspecified atom stereocenters. The van der Waals surface area contributed by atoms with Crippen LogP contribution >= 0.6 is 0 Å². The van der Waals surface area contributed by atoms with Crippen molar-refractivity contribution in [2.75, 3.05) is 6.54 Å². The van der Waals surface area contributed by atoms with Gasteiger partial charge < -0.3 is 20.9 Å². The van der Waals surface area contributed by atoms with E-state index in [1.165, 1.54) is 0 Å². The van der Waals surface area contributed by atoms with Gasteiger partial charge in [0.1, 0.15) is 6.61 Å². The standard InChI is InChI=1S/C13H20N2O3/c1-2-11(14)12(16)8-15-13(17)18-9-10-6-4-3-5-7-10/h3-7,11-12,16H,2,8-9,14H2,1H3,(H,15,17)/t11-,12-/m0/s1. The Morgan fingerprint density at radius 1 is 1.44 bits per heavy atom. The van der Waals surface area contributed by atoms with E-state index in [1.807, 2.05) is 37.3 Å². The van der Waals surface area contributed by atoms with Crippen LogP contribution in [0.2, 0.25) is 0 Å². The highest BCUT2D eigenvalue weighted by Gasteiger charge is 2.13. The zero-order valence-electron chi connectivity index (χ0n) is 10.5. The zero-order chi connectivity index (χ0) is 13.4. The van der Waals surface area contributed by atoms with Crippen molar-refractivity contribution in [3.63, 3.8) is 0 Å². The lowest BCUT2D eigenvalue weighted by atomic mass is 10.1. The Kier molecular flexibility index (Phi) is 6.18. The van der Waals surface area contributed by atoms with Gasteiger partial charge in [-0.25, -0.2) is 4.79 Å². The molecule has 0 aliphatic carbocycles. The maximum atomic E-state index is 11.3. The molecule has 0 saturated heterocycles. The Labute approximate surface area is 107 Å². The van der Waals surface area contributed by atoms with Crippen LogP contribution in [0.25, 0.3) is 0 Å². The van der Waals surface area contributed by atoms with Gasteiger partial charge in [-0.05, 0) is 12.0 Å². The van der Waals surface area contributed by atoms with Crippen LogP contribution in [0.5, 0.6) is 0 Å². The van der Waals surface area contributed by atoms with Crippen molar-refractivity contribution in [1.29, 1.82) is 0 Å². The molecule has 0 fully saturated rings. The van der Waals surface area contributed by atoms with E-state index < -0.39 is 12.2 Å². The molecular formula is C13H20N2O3. The van der Waals surface area contributed by atoms with Crippen LogP contribution in [0.15, 0.2) is 30.3 Å². The first-order chi connectivity index (χ1) is 8.63. The fraction of sp³-hybridized carbons (Fsp3) is 0.462. The number of rotatable bonds is 6. The molecule has 0 aliphatic rings. The average molecular weight is 252 g/mol. The topological polar surface area (TPSA) is 84.6 Å². The van der Waals surface area contributed by atoms with Gasteiger partial charge in [0.25, 0.3) is 0 Å². The molecule has 0 aromatic heterocycles. The molecule has 2 atom stereocenters. The number of benzene rings is 1. The lowest BCUT2D eigenvalue weighted by molar-refractivity contribution is 0.115. The first-order valence-corrected chi connectivity index (χ1v) is 6.01. The second-order valence-corrected chi connectivity index (χ2v) is 4.08. The molecule has 5 nitrogen and oxygen atoms in total. The van der Waals surface area contributed by atoms with Crippen molar-refractivity contribution >= 4 is 6.09 Å². The summed E-state index contributed by atoms with van der Waals surface area (Å²) in [4.78, 5) is 11.3. The second-order valence-electron chi connectivity index (χ2n) is 4.08. The normalized spacial score (nSPS) is 13.7. The Balaban J connectivity index is 2.22. The van der Waals surface area contributed by atoms with Crippen LogP contribution < -0.4 is 11.1 Å². The van der Waals surface area contributed by atoms with E-state index in [9.17, 15) is 9.90 Å². The van der Waals surface area contributed by atoms with Gasteiger partial charge >= 0.3 is 6.09 Å². The van der Waals surface area contributed by atoms with E-state index in [4.69, 9.17) is 10.5 Å². The van der Waals surface area contributed by atoms with Crippen molar-refractivity contribution < 1.29 is 14.6 Å². The Bertz CT molecular complexity index is 357. The summed E-state index contributed by atoms with van der Waals surface area (Å²) >= 11 is 0. The Morgan fingerprint density at radius 3 is 2.72 bits per heavy atom. The number of ether oxygens (including phenoxy) is 1. The van der Waals surface area contributed by atoms with Gasteiger partial charge in [-0.2, -0.15) is 0 Å². The predicted molar refractivity (Wildman–Crippen MR) is 68.9 cm³/mol. The van der Waals surface area contributed by atoms with E-state index >= 15 is 0 Å². The molecule has 18 heavy (non-hydrogen) atoms. The smallest absolute Gasteiger partial charge is 0.407 e. The average Bonchev–Trinajstić information content (AvgIpc) is 2.42. The molecule has 100 valence electrons. The lowest BCUT2D eigenvalue weighted by Gasteiger charge is -2.17. The quantitative estimate of drug-likeness (QED) is 0.705. The molecule has 0 saturated carbocycles. The number of amides is 1. The number of carbonyl (C=O) groups excluding carboxylic acids is 1. The number of alkyl carbamates (subject to hydrolysis) is 1. The third kappa shape index (κ3) is 5.16. The van der Waals surface area contributed by atoms with E-state index in [0.29, 0.717) is 6.42 Å². The van der Waals surface area contributed by atoms with Crippen LogP contribution in [-0.2, 0) is 11.3 Å². The third-order valence-corrected chi connectivity index (χ3v) is 2.63. The molecule has 0 radical (unpaired) electrons. The summed E-state index contributed by atoms with van der Waals surface area (Å²) in [6.45, 7) is 2.19. The van der Waals surface area contributed by atoms with Gasteiger partial charge in [0.15, 0.2) is 0 Å². The molecule has 0 spiro atoms.